The quantitative estimate of drug-likeness (QED) is 0.620. The topological polar surface area (TPSA) is 141 Å². The molecule has 152 valence electrons. The Hall–Kier alpha value is -3.58. The van der Waals surface area contributed by atoms with E-state index in [-0.39, 0.29) is 34.2 Å². The highest BCUT2D eigenvalue weighted by Gasteiger charge is 2.24. The highest BCUT2D eigenvalue weighted by Crippen LogP contribution is 2.31. The van der Waals surface area contributed by atoms with E-state index in [2.05, 4.69) is 5.32 Å². The molecular weight excluding hydrogens is 398 g/mol. The molecule has 1 aromatic heterocycles. The Morgan fingerprint density at radius 3 is 2.69 bits per heavy atom. The van der Waals surface area contributed by atoms with Crippen LogP contribution in [0.3, 0.4) is 0 Å². The van der Waals surface area contributed by atoms with E-state index in [4.69, 9.17) is 19.9 Å². The lowest BCUT2D eigenvalue weighted by Gasteiger charge is -2.08. The third kappa shape index (κ3) is 5.46. The third-order valence-electron chi connectivity index (χ3n) is 3.71. The molecule has 0 radical (unpaired) electrons. The number of anilines is 1. The van der Waals surface area contributed by atoms with Crippen LogP contribution in [0.1, 0.15) is 38.1 Å². The number of nitrogens with one attached hydrogen (secondary N) is 1. The second-order valence-electron chi connectivity index (χ2n) is 5.56. The summed E-state index contributed by atoms with van der Waals surface area (Å²) in [4.78, 5) is 36.3. The van der Waals surface area contributed by atoms with E-state index >= 15 is 0 Å². The zero-order valence-electron chi connectivity index (χ0n) is 15.8. The van der Waals surface area contributed by atoms with Gasteiger partial charge in [-0.1, -0.05) is 6.07 Å². The minimum Gasteiger partial charge on any atom is -0.497 e. The summed E-state index contributed by atoms with van der Waals surface area (Å²) in [7, 11) is 1.48. The fourth-order valence-electron chi connectivity index (χ4n) is 2.33. The number of nitrogen functional groups attached to an aromatic ring is 1. The molecule has 0 saturated heterocycles. The van der Waals surface area contributed by atoms with Crippen molar-refractivity contribution in [2.24, 2.45) is 0 Å². The third-order valence-corrected chi connectivity index (χ3v) is 4.75. The number of carbonyl (C=O) groups is 3. The molecule has 1 heterocycles. The molecule has 29 heavy (non-hydrogen) atoms. The zero-order valence-corrected chi connectivity index (χ0v) is 16.6. The van der Waals surface area contributed by atoms with Crippen LogP contribution in [0.15, 0.2) is 24.3 Å². The minimum absolute atomic E-state index is 0.0614. The SMILES string of the molecule is CCOC(=O)c1sc(N)c(C#N)c1COC(=O)CNC(=O)c1cccc(OC)c1. The van der Waals surface area contributed by atoms with Crippen LogP contribution in [0, 0.1) is 11.3 Å². The summed E-state index contributed by atoms with van der Waals surface area (Å²) >= 11 is 0.892. The average molecular weight is 417 g/mol. The Labute approximate surface area is 171 Å². The molecule has 9 nitrogen and oxygen atoms in total. The summed E-state index contributed by atoms with van der Waals surface area (Å²) in [5.41, 5.74) is 6.32. The highest BCUT2D eigenvalue weighted by molar-refractivity contribution is 7.18. The fourth-order valence-corrected chi connectivity index (χ4v) is 3.25. The maximum atomic E-state index is 12.1. The van der Waals surface area contributed by atoms with E-state index in [0.717, 1.165) is 11.3 Å². The molecule has 2 rings (SSSR count). The van der Waals surface area contributed by atoms with Crippen LogP contribution >= 0.6 is 11.3 Å². The number of esters is 2. The first-order valence-electron chi connectivity index (χ1n) is 8.47. The second kappa shape index (κ2) is 10.1. The van der Waals surface area contributed by atoms with Gasteiger partial charge in [-0.2, -0.15) is 5.26 Å². The highest BCUT2D eigenvalue weighted by atomic mass is 32.1. The summed E-state index contributed by atoms with van der Waals surface area (Å²) in [6.45, 7) is 1.05. The van der Waals surface area contributed by atoms with Gasteiger partial charge in [-0.3, -0.25) is 9.59 Å². The fraction of sp³-hybridized carbons (Fsp3) is 0.263. The van der Waals surface area contributed by atoms with Crippen LogP contribution in [-0.2, 0) is 20.9 Å². The van der Waals surface area contributed by atoms with Gasteiger partial charge in [-0.05, 0) is 25.1 Å². The number of nitrogens with two attached hydrogens (primary N) is 1. The number of hydrogen-bond donors (Lipinski definition) is 2. The zero-order chi connectivity index (χ0) is 21.4. The molecule has 0 aliphatic carbocycles. The summed E-state index contributed by atoms with van der Waals surface area (Å²) in [6, 6.07) is 8.32. The number of benzene rings is 1. The van der Waals surface area contributed by atoms with Crippen molar-refractivity contribution in [3.8, 4) is 11.8 Å². The van der Waals surface area contributed by atoms with E-state index in [1.807, 2.05) is 6.07 Å². The van der Waals surface area contributed by atoms with Gasteiger partial charge in [-0.15, -0.1) is 11.3 Å². The number of nitrogens with zero attached hydrogens (tertiary/aromatic N) is 1. The summed E-state index contributed by atoms with van der Waals surface area (Å²) in [5.74, 6) is -1.37. The van der Waals surface area contributed by atoms with Crippen LogP contribution in [-0.4, -0.2) is 38.1 Å². The molecule has 0 spiro atoms. The van der Waals surface area contributed by atoms with Gasteiger partial charge in [0.05, 0.1) is 19.3 Å². The molecule has 1 aromatic carbocycles. The minimum atomic E-state index is -0.746. The first-order chi connectivity index (χ1) is 13.9. The standard InChI is InChI=1S/C19H19N3O6S/c1-3-27-19(25)16-14(13(8-20)17(21)29-16)10-28-15(23)9-22-18(24)11-5-4-6-12(7-11)26-2/h4-7H,3,9-10,21H2,1-2H3,(H,22,24). The summed E-state index contributed by atoms with van der Waals surface area (Å²) in [6.07, 6.45) is 0. The van der Waals surface area contributed by atoms with Gasteiger partial charge in [0.25, 0.3) is 5.91 Å². The van der Waals surface area contributed by atoms with Crippen molar-refractivity contribution in [2.45, 2.75) is 13.5 Å². The maximum Gasteiger partial charge on any atom is 0.348 e. The van der Waals surface area contributed by atoms with Crippen molar-refractivity contribution < 1.29 is 28.6 Å². The molecule has 0 fully saturated rings. The number of amides is 1. The molecule has 1 amide bonds. The van der Waals surface area contributed by atoms with Crippen molar-refractivity contribution in [1.82, 2.24) is 5.32 Å². The van der Waals surface area contributed by atoms with Crippen molar-refractivity contribution in [2.75, 3.05) is 26.0 Å². The number of ether oxygens (including phenoxy) is 3. The lowest BCUT2D eigenvalue weighted by Crippen LogP contribution is -2.30. The molecular formula is C19H19N3O6S. The smallest absolute Gasteiger partial charge is 0.348 e. The first-order valence-corrected chi connectivity index (χ1v) is 9.29. The van der Waals surface area contributed by atoms with Gasteiger partial charge >= 0.3 is 11.9 Å². The van der Waals surface area contributed by atoms with E-state index in [9.17, 15) is 19.6 Å². The molecule has 0 aliphatic rings. The van der Waals surface area contributed by atoms with Crippen LogP contribution < -0.4 is 15.8 Å². The van der Waals surface area contributed by atoms with Crippen molar-refractivity contribution in [3.63, 3.8) is 0 Å². The van der Waals surface area contributed by atoms with Gasteiger partial charge < -0.3 is 25.3 Å². The van der Waals surface area contributed by atoms with E-state index in [0.29, 0.717) is 11.3 Å². The number of carbonyl (C=O) groups excluding carboxylic acids is 3. The number of nitriles is 1. The Balaban J connectivity index is 1.99. The van der Waals surface area contributed by atoms with Gasteiger partial charge in [0.15, 0.2) is 0 Å². The molecule has 3 N–H and O–H groups in total. The predicted octanol–water partition coefficient (Wildman–Crippen LogP) is 1.86. The molecule has 0 aliphatic heterocycles. The van der Waals surface area contributed by atoms with Crippen LogP contribution in [0.5, 0.6) is 5.75 Å². The molecule has 0 unspecified atom stereocenters. The lowest BCUT2D eigenvalue weighted by atomic mass is 10.1. The van der Waals surface area contributed by atoms with Gasteiger partial charge in [0, 0.05) is 11.1 Å². The van der Waals surface area contributed by atoms with Gasteiger partial charge in [0.2, 0.25) is 0 Å². The summed E-state index contributed by atoms with van der Waals surface area (Å²) in [5, 5.41) is 11.8. The Morgan fingerprint density at radius 1 is 1.28 bits per heavy atom. The van der Waals surface area contributed by atoms with Crippen LogP contribution in [0.2, 0.25) is 0 Å². The van der Waals surface area contributed by atoms with Crippen LogP contribution in [0.25, 0.3) is 0 Å². The second-order valence-corrected chi connectivity index (χ2v) is 6.61. The van der Waals surface area contributed by atoms with Gasteiger partial charge in [-0.25, -0.2) is 4.79 Å². The number of methoxy groups -OCH3 is 1. The molecule has 2 aromatic rings. The first kappa shape index (κ1) is 21.7. The maximum absolute atomic E-state index is 12.1. The van der Waals surface area contributed by atoms with Crippen molar-refractivity contribution in [3.05, 3.63) is 45.8 Å². The van der Waals surface area contributed by atoms with E-state index in [1.54, 1.807) is 25.1 Å². The van der Waals surface area contributed by atoms with E-state index < -0.39 is 24.4 Å². The molecule has 0 bridgehead atoms. The van der Waals surface area contributed by atoms with Crippen LogP contribution in [0.4, 0.5) is 5.00 Å². The normalized spacial score (nSPS) is 9.97. The number of thiophene rings is 1. The van der Waals surface area contributed by atoms with E-state index in [1.165, 1.54) is 13.2 Å². The number of rotatable bonds is 8. The van der Waals surface area contributed by atoms with Crippen molar-refractivity contribution in [1.29, 1.82) is 5.26 Å². The van der Waals surface area contributed by atoms with Gasteiger partial charge in [0.1, 0.15) is 34.8 Å². The largest absolute Gasteiger partial charge is 0.497 e. The predicted molar refractivity (Wildman–Crippen MR) is 105 cm³/mol. The Bertz CT molecular complexity index is 963. The summed E-state index contributed by atoms with van der Waals surface area (Å²) < 4.78 is 15.1. The van der Waals surface area contributed by atoms with Crippen molar-refractivity contribution >= 4 is 34.2 Å². The molecule has 0 saturated carbocycles. The lowest BCUT2D eigenvalue weighted by molar-refractivity contribution is -0.143. The molecule has 10 heteroatoms. The molecule has 0 atom stereocenters. The average Bonchev–Trinajstić information content (AvgIpc) is 3.05. The monoisotopic (exact) mass is 417 g/mol. The number of hydrogen-bond acceptors (Lipinski definition) is 9. The Morgan fingerprint density at radius 2 is 2.03 bits per heavy atom. The Kier molecular flexibility index (Phi) is 7.56.